The van der Waals surface area contributed by atoms with E-state index >= 15 is 0 Å². The van der Waals surface area contributed by atoms with Gasteiger partial charge in [-0.1, -0.05) is 38.1 Å². The predicted octanol–water partition coefficient (Wildman–Crippen LogP) is 2.58. The van der Waals surface area contributed by atoms with Crippen molar-refractivity contribution in [3.8, 4) is 0 Å². The molecule has 2 heterocycles. The standard InChI is InChI=1S/C19H26N4O3/c1-12(2)14-5-4-6-15(11-14)13(3)20-17-21-18(24)23(19(25)22-17)16-7-9-26-10-8-16/h4-6,11-13,16H,7-10H2,1-3H3,(H2,20,21,22,24,25)/t13-/m0/s1. The van der Waals surface area contributed by atoms with Crippen molar-refractivity contribution >= 4 is 5.95 Å². The fraction of sp³-hybridized carbons (Fsp3) is 0.526. The number of ether oxygens (including phenoxy) is 1. The zero-order valence-corrected chi connectivity index (χ0v) is 15.5. The molecule has 1 aliphatic rings. The second-order valence-electron chi connectivity index (χ2n) is 7.08. The first-order valence-corrected chi connectivity index (χ1v) is 9.12. The Morgan fingerprint density at radius 2 is 1.88 bits per heavy atom. The lowest BCUT2D eigenvalue weighted by Gasteiger charge is -2.23. The van der Waals surface area contributed by atoms with Crippen LogP contribution >= 0.6 is 0 Å². The van der Waals surface area contributed by atoms with Crippen LogP contribution in [-0.4, -0.2) is 27.7 Å². The Balaban J connectivity index is 1.81. The predicted molar refractivity (Wildman–Crippen MR) is 101 cm³/mol. The summed E-state index contributed by atoms with van der Waals surface area (Å²) >= 11 is 0. The van der Waals surface area contributed by atoms with Crippen LogP contribution in [0, 0.1) is 0 Å². The van der Waals surface area contributed by atoms with Gasteiger partial charge in [0.2, 0.25) is 5.95 Å². The van der Waals surface area contributed by atoms with Crippen LogP contribution in [0.25, 0.3) is 0 Å². The number of rotatable bonds is 5. The quantitative estimate of drug-likeness (QED) is 0.857. The van der Waals surface area contributed by atoms with Crippen LogP contribution in [0.3, 0.4) is 0 Å². The summed E-state index contributed by atoms with van der Waals surface area (Å²) in [5.41, 5.74) is 1.37. The monoisotopic (exact) mass is 358 g/mol. The molecule has 26 heavy (non-hydrogen) atoms. The van der Waals surface area contributed by atoms with Crippen LogP contribution in [0.1, 0.15) is 62.7 Å². The molecule has 0 radical (unpaired) electrons. The van der Waals surface area contributed by atoms with Crippen molar-refractivity contribution in [3.05, 3.63) is 56.4 Å². The third kappa shape index (κ3) is 4.04. The fourth-order valence-corrected chi connectivity index (χ4v) is 3.24. The van der Waals surface area contributed by atoms with Gasteiger partial charge in [0.05, 0.1) is 6.04 Å². The van der Waals surface area contributed by atoms with E-state index in [1.54, 1.807) is 0 Å². The lowest BCUT2D eigenvalue weighted by molar-refractivity contribution is 0.0670. The van der Waals surface area contributed by atoms with Crippen molar-refractivity contribution in [1.82, 2.24) is 14.5 Å². The summed E-state index contributed by atoms with van der Waals surface area (Å²) in [5.74, 6) is 0.634. The van der Waals surface area contributed by atoms with E-state index in [0.717, 1.165) is 5.56 Å². The molecule has 1 aliphatic heterocycles. The highest BCUT2D eigenvalue weighted by atomic mass is 16.5. The van der Waals surface area contributed by atoms with Crippen molar-refractivity contribution in [2.24, 2.45) is 0 Å². The van der Waals surface area contributed by atoms with Crippen LogP contribution in [0.5, 0.6) is 0 Å². The molecule has 2 aromatic rings. The van der Waals surface area contributed by atoms with E-state index in [9.17, 15) is 9.59 Å². The normalized spacial score (nSPS) is 16.6. The lowest BCUT2D eigenvalue weighted by atomic mass is 9.98. The first-order valence-electron chi connectivity index (χ1n) is 9.12. The van der Waals surface area contributed by atoms with Gasteiger partial charge in [0.25, 0.3) is 0 Å². The van der Waals surface area contributed by atoms with E-state index in [4.69, 9.17) is 4.74 Å². The highest BCUT2D eigenvalue weighted by Gasteiger charge is 2.20. The molecule has 1 saturated heterocycles. The third-order valence-corrected chi connectivity index (χ3v) is 4.84. The van der Waals surface area contributed by atoms with Gasteiger partial charge in [0, 0.05) is 19.3 Å². The molecular formula is C19H26N4O3. The van der Waals surface area contributed by atoms with E-state index in [1.807, 2.05) is 19.1 Å². The molecule has 140 valence electrons. The Kier molecular flexibility index (Phi) is 5.56. The van der Waals surface area contributed by atoms with E-state index in [1.165, 1.54) is 10.1 Å². The highest BCUT2D eigenvalue weighted by molar-refractivity contribution is 5.33. The summed E-state index contributed by atoms with van der Waals surface area (Å²) in [4.78, 5) is 31.5. The molecule has 0 aliphatic carbocycles. The fourth-order valence-electron chi connectivity index (χ4n) is 3.24. The van der Waals surface area contributed by atoms with Gasteiger partial charge >= 0.3 is 11.4 Å². The second-order valence-corrected chi connectivity index (χ2v) is 7.08. The van der Waals surface area contributed by atoms with Crippen molar-refractivity contribution in [2.75, 3.05) is 18.5 Å². The number of aromatic amines is 1. The molecule has 0 saturated carbocycles. The van der Waals surface area contributed by atoms with Gasteiger partial charge in [-0.15, -0.1) is 0 Å². The summed E-state index contributed by atoms with van der Waals surface area (Å²) in [7, 11) is 0. The van der Waals surface area contributed by atoms with Crippen LogP contribution < -0.4 is 16.7 Å². The van der Waals surface area contributed by atoms with Gasteiger partial charge in [-0.25, -0.2) is 14.2 Å². The van der Waals surface area contributed by atoms with Crippen LogP contribution in [0.15, 0.2) is 33.9 Å². The number of hydrogen-bond donors (Lipinski definition) is 2. The summed E-state index contributed by atoms with van der Waals surface area (Å²) < 4.78 is 6.50. The minimum absolute atomic E-state index is 0.0878. The Bertz CT molecular complexity index is 834. The molecule has 1 aromatic heterocycles. The van der Waals surface area contributed by atoms with Gasteiger partial charge in [-0.05, 0) is 36.8 Å². The molecule has 1 atom stereocenters. The summed E-state index contributed by atoms with van der Waals surface area (Å²) in [6.45, 7) is 7.38. The molecule has 0 spiro atoms. The smallest absolute Gasteiger partial charge is 0.355 e. The number of benzene rings is 1. The average molecular weight is 358 g/mol. The molecule has 7 heteroatoms. The van der Waals surface area contributed by atoms with E-state index < -0.39 is 11.4 Å². The maximum Gasteiger partial charge on any atom is 0.355 e. The minimum atomic E-state index is -0.522. The molecule has 0 amide bonds. The van der Waals surface area contributed by atoms with E-state index in [-0.39, 0.29) is 18.0 Å². The Labute approximate surface area is 152 Å². The van der Waals surface area contributed by atoms with Gasteiger partial charge in [-0.2, -0.15) is 4.98 Å². The van der Waals surface area contributed by atoms with Crippen molar-refractivity contribution in [1.29, 1.82) is 0 Å². The zero-order chi connectivity index (χ0) is 18.7. The van der Waals surface area contributed by atoms with E-state index in [2.05, 4.69) is 41.3 Å². The minimum Gasteiger partial charge on any atom is -0.381 e. The Hall–Kier alpha value is -2.41. The number of aromatic nitrogens is 3. The SMILES string of the molecule is CC(C)c1cccc([C@H](C)Nc2nc(=O)n(C3CCOCC3)c(=O)[nH]2)c1. The molecule has 0 bridgehead atoms. The molecule has 2 N–H and O–H groups in total. The topological polar surface area (TPSA) is 89.0 Å². The first kappa shape index (κ1) is 18.4. The molecule has 7 nitrogen and oxygen atoms in total. The maximum absolute atomic E-state index is 12.4. The molecule has 0 unspecified atom stereocenters. The first-order chi connectivity index (χ1) is 12.5. The number of nitrogens with one attached hydrogen (secondary N) is 2. The van der Waals surface area contributed by atoms with Crippen LogP contribution in [0.2, 0.25) is 0 Å². The Morgan fingerprint density at radius 1 is 1.19 bits per heavy atom. The van der Waals surface area contributed by atoms with E-state index in [0.29, 0.717) is 32.0 Å². The van der Waals surface area contributed by atoms with Crippen LogP contribution in [-0.2, 0) is 4.74 Å². The molecule has 1 aromatic carbocycles. The number of hydrogen-bond acceptors (Lipinski definition) is 5. The molecular weight excluding hydrogens is 332 g/mol. The van der Waals surface area contributed by atoms with Gasteiger partial charge in [0.15, 0.2) is 0 Å². The van der Waals surface area contributed by atoms with Crippen molar-refractivity contribution in [2.45, 2.75) is 51.6 Å². The number of nitrogens with zero attached hydrogens (tertiary/aromatic N) is 2. The summed E-state index contributed by atoms with van der Waals surface area (Å²) in [6, 6.07) is 8.02. The highest BCUT2D eigenvalue weighted by Crippen LogP contribution is 2.22. The molecule has 1 fully saturated rings. The maximum atomic E-state index is 12.4. The summed E-state index contributed by atoms with van der Waals surface area (Å²) in [6.07, 6.45) is 1.30. The summed E-state index contributed by atoms with van der Waals surface area (Å²) in [5, 5.41) is 3.13. The van der Waals surface area contributed by atoms with Crippen molar-refractivity contribution in [3.63, 3.8) is 0 Å². The molecule has 3 rings (SSSR count). The number of H-pyrrole nitrogens is 1. The van der Waals surface area contributed by atoms with Gasteiger partial charge in [-0.3, -0.25) is 4.98 Å². The largest absolute Gasteiger partial charge is 0.381 e. The average Bonchev–Trinajstić information content (AvgIpc) is 2.62. The van der Waals surface area contributed by atoms with Gasteiger partial charge in [0.1, 0.15) is 0 Å². The number of anilines is 1. The second kappa shape index (κ2) is 7.86. The Morgan fingerprint density at radius 3 is 2.54 bits per heavy atom. The van der Waals surface area contributed by atoms with Gasteiger partial charge < -0.3 is 10.1 Å². The van der Waals surface area contributed by atoms with Crippen LogP contribution in [0.4, 0.5) is 5.95 Å². The zero-order valence-electron chi connectivity index (χ0n) is 15.5. The third-order valence-electron chi connectivity index (χ3n) is 4.84. The lowest BCUT2D eigenvalue weighted by Crippen LogP contribution is -2.42. The van der Waals surface area contributed by atoms with Crippen molar-refractivity contribution < 1.29 is 4.74 Å².